The van der Waals surface area contributed by atoms with E-state index in [0.29, 0.717) is 22.7 Å². The molecule has 0 aliphatic carbocycles. The van der Waals surface area contributed by atoms with Crippen molar-refractivity contribution in [2.45, 2.75) is 0 Å². The summed E-state index contributed by atoms with van der Waals surface area (Å²) in [7, 11) is 2.89. The molecule has 0 heterocycles. The number of carbonyl (C=O) groups excluding carboxylic acids is 2. The molecule has 0 aliphatic heterocycles. The van der Waals surface area contributed by atoms with E-state index >= 15 is 0 Å². The highest BCUT2D eigenvalue weighted by atomic mass is 16.5. The molecule has 0 aromatic heterocycles. The van der Waals surface area contributed by atoms with Crippen molar-refractivity contribution in [2.75, 3.05) is 24.9 Å². The van der Waals surface area contributed by atoms with Crippen LogP contribution in [0.15, 0.2) is 72.8 Å². The molecule has 2 N–H and O–H groups in total. The van der Waals surface area contributed by atoms with Crippen molar-refractivity contribution >= 4 is 28.9 Å². The van der Waals surface area contributed by atoms with Gasteiger partial charge in [-0.2, -0.15) is 0 Å². The van der Waals surface area contributed by atoms with E-state index in [2.05, 4.69) is 10.6 Å². The third-order valence-corrected chi connectivity index (χ3v) is 4.13. The van der Waals surface area contributed by atoms with Crippen LogP contribution >= 0.6 is 0 Å². The fourth-order valence-electron chi connectivity index (χ4n) is 2.75. The molecule has 6 heteroatoms. The molecule has 1 amide bonds. The standard InChI is InChI=1S/C22H20N2O4/c1-27-20-14-8-7-13-19(20)23-17-11-5-3-9-15(17)21(25)24-18-12-6-4-10-16(18)22(26)28-2/h3-14,23H,1-2H3,(H,24,25). The molecule has 28 heavy (non-hydrogen) atoms. The highest BCUT2D eigenvalue weighted by Gasteiger charge is 2.17. The summed E-state index contributed by atoms with van der Waals surface area (Å²) in [4.78, 5) is 24.8. The summed E-state index contributed by atoms with van der Waals surface area (Å²) in [6, 6.07) is 21.2. The van der Waals surface area contributed by atoms with Crippen LogP contribution in [0.1, 0.15) is 20.7 Å². The number of methoxy groups -OCH3 is 2. The molecule has 0 bridgehead atoms. The van der Waals surface area contributed by atoms with E-state index in [1.165, 1.54) is 7.11 Å². The summed E-state index contributed by atoms with van der Waals surface area (Å²) in [5.74, 6) is -0.209. The lowest BCUT2D eigenvalue weighted by atomic mass is 10.1. The van der Waals surface area contributed by atoms with Crippen LogP contribution in [0.3, 0.4) is 0 Å². The van der Waals surface area contributed by atoms with Gasteiger partial charge in [0.15, 0.2) is 0 Å². The highest BCUT2D eigenvalue weighted by molar-refractivity contribution is 6.11. The van der Waals surface area contributed by atoms with E-state index in [1.807, 2.05) is 30.3 Å². The fourth-order valence-corrected chi connectivity index (χ4v) is 2.75. The minimum atomic E-state index is -0.517. The van der Waals surface area contributed by atoms with Crippen LogP contribution in [-0.2, 0) is 4.74 Å². The van der Waals surface area contributed by atoms with Gasteiger partial charge in [0.1, 0.15) is 5.75 Å². The molecule has 3 aromatic carbocycles. The van der Waals surface area contributed by atoms with Crippen LogP contribution in [0, 0.1) is 0 Å². The fraction of sp³-hybridized carbons (Fsp3) is 0.0909. The minimum absolute atomic E-state index is 0.286. The van der Waals surface area contributed by atoms with Crippen molar-refractivity contribution < 1.29 is 19.1 Å². The van der Waals surface area contributed by atoms with Crippen molar-refractivity contribution in [2.24, 2.45) is 0 Å². The Balaban J connectivity index is 1.89. The third-order valence-electron chi connectivity index (χ3n) is 4.13. The number of nitrogens with one attached hydrogen (secondary N) is 2. The Hall–Kier alpha value is -3.80. The number of esters is 1. The number of amides is 1. The summed E-state index contributed by atoms with van der Waals surface area (Å²) in [5, 5.41) is 6.02. The lowest BCUT2D eigenvalue weighted by Crippen LogP contribution is -2.16. The molecule has 0 radical (unpaired) electrons. The van der Waals surface area contributed by atoms with Crippen molar-refractivity contribution in [1.82, 2.24) is 0 Å². The number of carbonyl (C=O) groups is 2. The average Bonchev–Trinajstić information content (AvgIpc) is 2.74. The SMILES string of the molecule is COC(=O)c1ccccc1NC(=O)c1ccccc1Nc1ccccc1OC. The largest absolute Gasteiger partial charge is 0.495 e. The second-order valence-corrected chi connectivity index (χ2v) is 5.86. The Labute approximate surface area is 163 Å². The van der Waals surface area contributed by atoms with E-state index < -0.39 is 5.97 Å². The van der Waals surface area contributed by atoms with Gasteiger partial charge in [-0.25, -0.2) is 4.79 Å². The first-order valence-electron chi connectivity index (χ1n) is 8.62. The molecule has 142 valence electrons. The van der Waals surface area contributed by atoms with Crippen LogP contribution in [0.5, 0.6) is 5.75 Å². The van der Waals surface area contributed by atoms with Crippen molar-refractivity contribution in [3.05, 3.63) is 83.9 Å². The van der Waals surface area contributed by atoms with Crippen LogP contribution < -0.4 is 15.4 Å². The average molecular weight is 376 g/mol. The second kappa shape index (κ2) is 8.73. The normalized spacial score (nSPS) is 10.1. The number of hydrogen-bond acceptors (Lipinski definition) is 5. The minimum Gasteiger partial charge on any atom is -0.495 e. The van der Waals surface area contributed by atoms with Crippen molar-refractivity contribution in [3.63, 3.8) is 0 Å². The predicted octanol–water partition coefficient (Wildman–Crippen LogP) is 4.48. The van der Waals surface area contributed by atoms with E-state index in [1.54, 1.807) is 49.6 Å². The van der Waals surface area contributed by atoms with Gasteiger partial charge in [0, 0.05) is 0 Å². The van der Waals surface area contributed by atoms with Gasteiger partial charge < -0.3 is 20.1 Å². The molecule has 3 rings (SSSR count). The van der Waals surface area contributed by atoms with Crippen LogP contribution in [-0.4, -0.2) is 26.1 Å². The molecule has 0 saturated heterocycles. The summed E-state index contributed by atoms with van der Waals surface area (Å²) < 4.78 is 10.1. The predicted molar refractivity (Wildman–Crippen MR) is 108 cm³/mol. The zero-order valence-corrected chi connectivity index (χ0v) is 15.6. The second-order valence-electron chi connectivity index (χ2n) is 5.86. The van der Waals surface area contributed by atoms with E-state index in [4.69, 9.17) is 9.47 Å². The molecule has 0 aliphatic rings. The van der Waals surface area contributed by atoms with Gasteiger partial charge in [-0.05, 0) is 36.4 Å². The smallest absolute Gasteiger partial charge is 0.339 e. The molecular formula is C22H20N2O4. The third kappa shape index (κ3) is 4.12. The van der Waals surface area contributed by atoms with Gasteiger partial charge in [0.05, 0.1) is 42.4 Å². The Bertz CT molecular complexity index is 1000. The number of ether oxygens (including phenoxy) is 2. The molecule has 0 spiro atoms. The van der Waals surface area contributed by atoms with Crippen LogP contribution in [0.2, 0.25) is 0 Å². The zero-order chi connectivity index (χ0) is 19.9. The van der Waals surface area contributed by atoms with Crippen LogP contribution in [0.4, 0.5) is 17.1 Å². The lowest BCUT2D eigenvalue weighted by Gasteiger charge is -2.15. The highest BCUT2D eigenvalue weighted by Crippen LogP contribution is 2.29. The van der Waals surface area contributed by atoms with Gasteiger partial charge in [0.2, 0.25) is 0 Å². The molecule has 0 unspecified atom stereocenters. The Morgan fingerprint density at radius 1 is 0.714 bits per heavy atom. The van der Waals surface area contributed by atoms with Gasteiger partial charge in [0.25, 0.3) is 5.91 Å². The monoisotopic (exact) mass is 376 g/mol. The van der Waals surface area contributed by atoms with Crippen molar-refractivity contribution in [1.29, 1.82) is 0 Å². The summed E-state index contributed by atoms with van der Waals surface area (Å²) >= 11 is 0. The Kier molecular flexibility index (Phi) is 5.91. The first-order chi connectivity index (χ1) is 13.6. The summed E-state index contributed by atoms with van der Waals surface area (Å²) in [6.45, 7) is 0. The summed E-state index contributed by atoms with van der Waals surface area (Å²) in [5.41, 5.74) is 2.44. The quantitative estimate of drug-likeness (QED) is 0.621. The van der Waals surface area contributed by atoms with E-state index in [0.717, 1.165) is 5.69 Å². The number of anilines is 3. The van der Waals surface area contributed by atoms with E-state index in [-0.39, 0.29) is 11.5 Å². The maximum atomic E-state index is 12.9. The first-order valence-corrected chi connectivity index (χ1v) is 8.62. The molecule has 3 aromatic rings. The van der Waals surface area contributed by atoms with Gasteiger partial charge in [-0.3, -0.25) is 4.79 Å². The number of benzene rings is 3. The van der Waals surface area contributed by atoms with Gasteiger partial charge in [-0.1, -0.05) is 36.4 Å². The Morgan fingerprint density at radius 3 is 1.96 bits per heavy atom. The maximum Gasteiger partial charge on any atom is 0.339 e. The molecular weight excluding hydrogens is 356 g/mol. The van der Waals surface area contributed by atoms with E-state index in [9.17, 15) is 9.59 Å². The topological polar surface area (TPSA) is 76.7 Å². The molecule has 6 nitrogen and oxygen atoms in total. The lowest BCUT2D eigenvalue weighted by molar-refractivity contribution is 0.0602. The number of para-hydroxylation sites is 4. The van der Waals surface area contributed by atoms with Crippen molar-refractivity contribution in [3.8, 4) is 5.75 Å². The maximum absolute atomic E-state index is 12.9. The van der Waals surface area contributed by atoms with Crippen LogP contribution in [0.25, 0.3) is 0 Å². The molecule has 0 atom stereocenters. The number of hydrogen-bond donors (Lipinski definition) is 2. The molecule has 0 fully saturated rings. The molecule has 0 saturated carbocycles. The van der Waals surface area contributed by atoms with Gasteiger partial charge in [-0.15, -0.1) is 0 Å². The van der Waals surface area contributed by atoms with Gasteiger partial charge >= 0.3 is 5.97 Å². The zero-order valence-electron chi connectivity index (χ0n) is 15.6. The number of rotatable bonds is 6. The summed E-state index contributed by atoms with van der Waals surface area (Å²) in [6.07, 6.45) is 0. The first kappa shape index (κ1) is 19.0. The Morgan fingerprint density at radius 2 is 1.29 bits per heavy atom.